The van der Waals surface area contributed by atoms with Gasteiger partial charge in [-0.15, -0.1) is 0 Å². The van der Waals surface area contributed by atoms with Gasteiger partial charge in [-0.25, -0.2) is 0 Å². The lowest BCUT2D eigenvalue weighted by Crippen LogP contribution is -2.40. The van der Waals surface area contributed by atoms with Crippen LogP contribution in [0.5, 0.6) is 0 Å². The number of nitrogens with zero attached hydrogens (tertiary/aromatic N) is 1. The highest BCUT2D eigenvalue weighted by Crippen LogP contribution is 2.19. The molecule has 7 heteroatoms. The van der Waals surface area contributed by atoms with Crippen LogP contribution in [0.2, 0.25) is 0 Å². The highest BCUT2D eigenvalue weighted by molar-refractivity contribution is 9.09. The molecule has 0 atom stereocenters. The Balaban J connectivity index is 2.81. The van der Waals surface area contributed by atoms with Gasteiger partial charge in [-0.2, -0.15) is 13.2 Å². The minimum atomic E-state index is -4.42. The minimum Gasteiger partial charge on any atom is -0.456 e. The van der Waals surface area contributed by atoms with Crippen molar-refractivity contribution in [1.82, 2.24) is 4.90 Å². The number of carbonyl (C=O) groups excluding carboxylic acids is 1. The van der Waals surface area contributed by atoms with Crippen molar-refractivity contribution < 1.29 is 22.4 Å². The molecule has 0 aliphatic carbocycles. The first kappa shape index (κ1) is 15.1. The SMILES string of the molecule is CCc1ccc(C(=O)N(CCBr)CC(F)(F)F)o1. The molecule has 0 aliphatic rings. The van der Waals surface area contributed by atoms with E-state index in [1.165, 1.54) is 6.07 Å². The van der Waals surface area contributed by atoms with Gasteiger partial charge in [0.2, 0.25) is 0 Å². The number of rotatable bonds is 5. The normalized spacial score (nSPS) is 11.6. The molecule has 0 fully saturated rings. The van der Waals surface area contributed by atoms with E-state index in [-0.39, 0.29) is 17.6 Å². The molecule has 0 saturated heterocycles. The molecular formula is C11H13BrF3NO2. The molecule has 1 rings (SSSR count). The van der Waals surface area contributed by atoms with E-state index in [1.807, 2.05) is 6.92 Å². The number of carbonyl (C=O) groups is 1. The van der Waals surface area contributed by atoms with Gasteiger partial charge in [-0.3, -0.25) is 4.79 Å². The Morgan fingerprint density at radius 1 is 1.44 bits per heavy atom. The van der Waals surface area contributed by atoms with Crippen molar-refractivity contribution in [3.63, 3.8) is 0 Å². The van der Waals surface area contributed by atoms with Gasteiger partial charge in [0.15, 0.2) is 5.76 Å². The molecule has 0 bridgehead atoms. The maximum atomic E-state index is 12.3. The van der Waals surface area contributed by atoms with Crippen molar-refractivity contribution >= 4 is 21.8 Å². The Morgan fingerprint density at radius 3 is 2.56 bits per heavy atom. The first-order chi connectivity index (χ1) is 8.37. The summed E-state index contributed by atoms with van der Waals surface area (Å²) in [6, 6.07) is 2.99. The van der Waals surface area contributed by atoms with Crippen LogP contribution in [0.15, 0.2) is 16.5 Å². The Morgan fingerprint density at radius 2 is 2.11 bits per heavy atom. The summed E-state index contributed by atoms with van der Waals surface area (Å²) in [6.07, 6.45) is -3.83. The number of alkyl halides is 4. The summed E-state index contributed by atoms with van der Waals surface area (Å²) in [5, 5.41) is 0.274. The molecule has 0 aromatic carbocycles. The highest BCUT2D eigenvalue weighted by atomic mass is 79.9. The average molecular weight is 328 g/mol. The Kier molecular flexibility index (Phi) is 5.25. The Hall–Kier alpha value is -0.980. The number of hydrogen-bond acceptors (Lipinski definition) is 2. The van der Waals surface area contributed by atoms with Gasteiger partial charge in [-0.05, 0) is 12.1 Å². The molecule has 0 unspecified atom stereocenters. The lowest BCUT2D eigenvalue weighted by atomic mass is 10.3. The van der Waals surface area contributed by atoms with Gasteiger partial charge in [0.1, 0.15) is 12.3 Å². The molecule has 102 valence electrons. The predicted molar refractivity (Wildman–Crippen MR) is 63.8 cm³/mol. The lowest BCUT2D eigenvalue weighted by molar-refractivity contribution is -0.140. The summed E-state index contributed by atoms with van der Waals surface area (Å²) in [5.41, 5.74) is 0. The largest absolute Gasteiger partial charge is 0.456 e. The van der Waals surface area contributed by atoms with Crippen LogP contribution in [0.25, 0.3) is 0 Å². The average Bonchev–Trinajstić information content (AvgIpc) is 2.74. The van der Waals surface area contributed by atoms with E-state index < -0.39 is 18.6 Å². The fourth-order valence-electron chi connectivity index (χ4n) is 1.41. The molecule has 1 aromatic rings. The van der Waals surface area contributed by atoms with Crippen LogP contribution in [-0.4, -0.2) is 35.4 Å². The van der Waals surface area contributed by atoms with Gasteiger partial charge < -0.3 is 9.32 Å². The van der Waals surface area contributed by atoms with Crippen LogP contribution in [-0.2, 0) is 6.42 Å². The quantitative estimate of drug-likeness (QED) is 0.778. The van der Waals surface area contributed by atoms with Crippen LogP contribution in [0.4, 0.5) is 13.2 Å². The van der Waals surface area contributed by atoms with Crippen molar-refractivity contribution in [3.8, 4) is 0 Å². The maximum absolute atomic E-state index is 12.3. The second-order valence-corrected chi connectivity index (χ2v) is 4.44. The number of aryl methyl sites for hydroxylation is 1. The second kappa shape index (κ2) is 6.26. The molecule has 0 saturated carbocycles. The van der Waals surface area contributed by atoms with E-state index in [9.17, 15) is 18.0 Å². The zero-order valence-electron chi connectivity index (χ0n) is 9.76. The molecule has 1 heterocycles. The number of furan rings is 1. The van der Waals surface area contributed by atoms with E-state index >= 15 is 0 Å². The maximum Gasteiger partial charge on any atom is 0.406 e. The zero-order chi connectivity index (χ0) is 13.8. The third-order valence-electron chi connectivity index (χ3n) is 2.23. The molecule has 18 heavy (non-hydrogen) atoms. The second-order valence-electron chi connectivity index (χ2n) is 3.65. The van der Waals surface area contributed by atoms with Gasteiger partial charge in [-0.1, -0.05) is 22.9 Å². The molecule has 0 N–H and O–H groups in total. The molecule has 0 spiro atoms. The molecule has 1 aromatic heterocycles. The number of halogens is 4. The highest BCUT2D eigenvalue weighted by Gasteiger charge is 2.33. The van der Waals surface area contributed by atoms with E-state index in [1.54, 1.807) is 6.07 Å². The first-order valence-corrected chi connectivity index (χ1v) is 6.50. The minimum absolute atomic E-state index is 0.0273. The van der Waals surface area contributed by atoms with E-state index in [0.717, 1.165) is 0 Å². The number of amides is 1. The summed E-state index contributed by atoms with van der Waals surface area (Å²) < 4.78 is 42.2. The summed E-state index contributed by atoms with van der Waals surface area (Å²) in [5.74, 6) is -0.229. The van der Waals surface area contributed by atoms with Crippen LogP contribution in [0.3, 0.4) is 0 Å². The molecule has 1 amide bonds. The van der Waals surface area contributed by atoms with Gasteiger partial charge >= 0.3 is 6.18 Å². The summed E-state index contributed by atoms with van der Waals surface area (Å²) in [7, 11) is 0. The van der Waals surface area contributed by atoms with Gasteiger partial charge in [0, 0.05) is 18.3 Å². The molecule has 0 radical (unpaired) electrons. The predicted octanol–water partition coefficient (Wildman–Crippen LogP) is 3.24. The third kappa shape index (κ3) is 4.36. The lowest BCUT2D eigenvalue weighted by Gasteiger charge is -2.21. The molecule has 3 nitrogen and oxygen atoms in total. The van der Waals surface area contributed by atoms with Gasteiger partial charge in [0.05, 0.1) is 0 Å². The number of hydrogen-bond donors (Lipinski definition) is 0. The summed E-state index contributed by atoms with van der Waals surface area (Å²) in [6.45, 7) is 0.527. The molecule has 0 aliphatic heterocycles. The van der Waals surface area contributed by atoms with E-state index in [0.29, 0.717) is 17.1 Å². The van der Waals surface area contributed by atoms with Crippen molar-refractivity contribution in [2.24, 2.45) is 0 Å². The van der Waals surface area contributed by atoms with Crippen LogP contribution in [0.1, 0.15) is 23.2 Å². The fraction of sp³-hybridized carbons (Fsp3) is 0.545. The standard InChI is InChI=1S/C11H13BrF3NO2/c1-2-8-3-4-9(18-8)10(17)16(6-5-12)7-11(13,14)15/h3-4H,2,5-7H2,1H3. The smallest absolute Gasteiger partial charge is 0.406 e. The van der Waals surface area contributed by atoms with Crippen molar-refractivity contribution in [3.05, 3.63) is 23.7 Å². The van der Waals surface area contributed by atoms with E-state index in [4.69, 9.17) is 4.42 Å². The topological polar surface area (TPSA) is 33.5 Å². The Bertz CT molecular complexity index is 403. The first-order valence-electron chi connectivity index (χ1n) is 5.38. The third-order valence-corrected chi connectivity index (χ3v) is 2.59. The van der Waals surface area contributed by atoms with Crippen molar-refractivity contribution in [1.29, 1.82) is 0 Å². The monoisotopic (exact) mass is 327 g/mol. The zero-order valence-corrected chi connectivity index (χ0v) is 11.3. The fourth-order valence-corrected chi connectivity index (χ4v) is 1.84. The molecular weight excluding hydrogens is 315 g/mol. The van der Waals surface area contributed by atoms with Crippen LogP contribution < -0.4 is 0 Å². The Labute approximate surface area is 111 Å². The van der Waals surface area contributed by atoms with E-state index in [2.05, 4.69) is 15.9 Å². The van der Waals surface area contributed by atoms with Crippen molar-refractivity contribution in [2.75, 3.05) is 18.4 Å². The summed E-state index contributed by atoms with van der Waals surface area (Å²) >= 11 is 3.03. The van der Waals surface area contributed by atoms with Crippen LogP contribution >= 0.6 is 15.9 Å². The van der Waals surface area contributed by atoms with Crippen LogP contribution in [0, 0.1) is 0 Å². The van der Waals surface area contributed by atoms with Crippen molar-refractivity contribution in [2.45, 2.75) is 19.5 Å². The summed E-state index contributed by atoms with van der Waals surface area (Å²) in [4.78, 5) is 12.6. The van der Waals surface area contributed by atoms with Gasteiger partial charge in [0.25, 0.3) is 5.91 Å².